The second kappa shape index (κ2) is 11.7. The number of carbonyl (C=O) groups is 2. The van der Waals surface area contributed by atoms with Crippen LogP contribution in [0.5, 0.6) is 11.5 Å². The van der Waals surface area contributed by atoms with Gasteiger partial charge in [0, 0.05) is 5.56 Å². The highest BCUT2D eigenvalue weighted by Gasteiger charge is 2.48. The molecule has 1 fully saturated rings. The minimum atomic E-state index is -0.894. The lowest BCUT2D eigenvalue weighted by Crippen LogP contribution is -2.29. The number of aliphatic hydroxyl groups excluding tert-OH is 1. The first-order valence-corrected chi connectivity index (χ1v) is 14.8. The van der Waals surface area contributed by atoms with E-state index in [1.807, 2.05) is 112 Å². The van der Waals surface area contributed by atoms with Gasteiger partial charge in [-0.25, -0.2) is 4.98 Å². The summed E-state index contributed by atoms with van der Waals surface area (Å²) in [5.74, 6) is -0.379. The second-order valence-electron chi connectivity index (χ2n) is 10.4. The van der Waals surface area contributed by atoms with E-state index >= 15 is 0 Å². The standard InChI is InChI=1S/C35H30N2O5S/c1-4-41-26-16-17-28-29(19-26)43-35(36-28)37-31(24-12-14-25(15-13-24)42-20-23-8-6-5-7-9-23)30(33(39)34(37)40)32(38)27-18-21(2)10-11-22(27)3/h5-19,31,38H,4,20H2,1-3H3. The number of aliphatic hydroxyl groups is 1. The van der Waals surface area contributed by atoms with Gasteiger partial charge in [-0.3, -0.25) is 14.5 Å². The van der Waals surface area contributed by atoms with Crippen molar-refractivity contribution in [2.24, 2.45) is 0 Å². The summed E-state index contributed by atoms with van der Waals surface area (Å²) < 4.78 is 12.4. The number of hydrogen-bond donors (Lipinski definition) is 1. The quantitative estimate of drug-likeness (QED) is 0.114. The minimum Gasteiger partial charge on any atom is -0.507 e. The van der Waals surface area contributed by atoms with E-state index in [4.69, 9.17) is 14.5 Å². The van der Waals surface area contributed by atoms with Crippen molar-refractivity contribution in [2.75, 3.05) is 11.5 Å². The number of benzene rings is 4. The SMILES string of the molecule is CCOc1ccc2nc(N3C(=O)C(=O)C(=C(O)c4cc(C)ccc4C)C3c3ccc(OCc4ccccc4)cc3)sc2c1. The number of Topliss-reactive ketones (excluding diaryl/α,β-unsaturated/α-hetero) is 1. The molecule has 0 spiro atoms. The van der Waals surface area contributed by atoms with Gasteiger partial charge >= 0.3 is 5.91 Å². The van der Waals surface area contributed by atoms with Crippen molar-refractivity contribution in [2.45, 2.75) is 33.4 Å². The van der Waals surface area contributed by atoms with Crippen molar-refractivity contribution < 1.29 is 24.2 Å². The van der Waals surface area contributed by atoms with Gasteiger partial charge in [-0.15, -0.1) is 0 Å². The zero-order valence-corrected chi connectivity index (χ0v) is 24.9. The molecule has 1 saturated heterocycles. The topological polar surface area (TPSA) is 89.0 Å². The van der Waals surface area contributed by atoms with Crippen molar-refractivity contribution in [3.05, 3.63) is 124 Å². The molecule has 4 aromatic carbocycles. The molecule has 2 heterocycles. The third-order valence-electron chi connectivity index (χ3n) is 7.40. The van der Waals surface area contributed by atoms with E-state index < -0.39 is 17.7 Å². The van der Waals surface area contributed by atoms with Gasteiger partial charge in [0.2, 0.25) is 0 Å². The van der Waals surface area contributed by atoms with Crippen molar-refractivity contribution in [1.82, 2.24) is 4.98 Å². The summed E-state index contributed by atoms with van der Waals surface area (Å²) >= 11 is 1.30. The molecule has 43 heavy (non-hydrogen) atoms. The van der Waals surface area contributed by atoms with E-state index in [9.17, 15) is 14.7 Å². The van der Waals surface area contributed by atoms with Crippen LogP contribution in [-0.4, -0.2) is 28.4 Å². The molecule has 0 aliphatic carbocycles. The minimum absolute atomic E-state index is 0.0194. The lowest BCUT2D eigenvalue weighted by molar-refractivity contribution is -0.132. The lowest BCUT2D eigenvalue weighted by atomic mass is 9.93. The average molecular weight is 591 g/mol. The molecular formula is C35H30N2O5S. The Labute approximate surface area is 253 Å². The number of fused-ring (bicyclic) bond motifs is 1. The van der Waals surface area contributed by atoms with Crippen LogP contribution in [0.2, 0.25) is 0 Å². The molecule has 0 bridgehead atoms. The average Bonchev–Trinajstić information content (AvgIpc) is 3.55. The number of aryl methyl sites for hydroxylation is 2. The van der Waals surface area contributed by atoms with Crippen LogP contribution in [0.1, 0.15) is 40.8 Å². The van der Waals surface area contributed by atoms with E-state index in [0.717, 1.165) is 21.4 Å². The van der Waals surface area contributed by atoms with Crippen LogP contribution in [0.4, 0.5) is 5.13 Å². The number of hydrogen-bond acceptors (Lipinski definition) is 7. The van der Waals surface area contributed by atoms with Crippen LogP contribution in [0.3, 0.4) is 0 Å². The molecule has 216 valence electrons. The maximum atomic E-state index is 13.7. The fraction of sp³-hybridized carbons (Fsp3) is 0.171. The summed E-state index contributed by atoms with van der Waals surface area (Å²) in [6.45, 7) is 6.62. The molecule has 6 rings (SSSR count). The molecule has 1 amide bonds. The molecule has 1 N–H and O–H groups in total. The van der Waals surface area contributed by atoms with Crippen LogP contribution in [0.15, 0.2) is 96.6 Å². The Kier molecular flexibility index (Phi) is 7.69. The predicted octanol–water partition coefficient (Wildman–Crippen LogP) is 7.52. The predicted molar refractivity (Wildman–Crippen MR) is 169 cm³/mol. The van der Waals surface area contributed by atoms with E-state index in [0.29, 0.717) is 46.5 Å². The van der Waals surface area contributed by atoms with Crippen LogP contribution in [0.25, 0.3) is 16.0 Å². The number of anilines is 1. The highest BCUT2D eigenvalue weighted by Crippen LogP contribution is 2.45. The van der Waals surface area contributed by atoms with Gasteiger partial charge in [0.05, 0.1) is 28.4 Å². The summed E-state index contributed by atoms with van der Waals surface area (Å²) in [7, 11) is 0. The van der Waals surface area contributed by atoms with E-state index in [1.165, 1.54) is 16.2 Å². The second-order valence-corrected chi connectivity index (χ2v) is 11.4. The molecule has 1 aliphatic rings. The molecule has 1 unspecified atom stereocenters. The third-order valence-corrected chi connectivity index (χ3v) is 8.42. The first-order valence-electron chi connectivity index (χ1n) is 14.0. The molecule has 5 aromatic rings. The van der Waals surface area contributed by atoms with E-state index in [1.54, 1.807) is 0 Å². The van der Waals surface area contributed by atoms with Gasteiger partial charge in [0.25, 0.3) is 5.78 Å². The molecule has 8 heteroatoms. The maximum absolute atomic E-state index is 13.7. The van der Waals surface area contributed by atoms with Gasteiger partial charge in [-0.1, -0.05) is 71.5 Å². The van der Waals surface area contributed by atoms with Gasteiger partial charge in [-0.2, -0.15) is 0 Å². The molecule has 0 saturated carbocycles. The number of ketones is 1. The lowest BCUT2D eigenvalue weighted by Gasteiger charge is -2.23. The number of rotatable bonds is 8. The number of nitrogens with zero attached hydrogens (tertiary/aromatic N) is 2. The maximum Gasteiger partial charge on any atom is 0.301 e. The van der Waals surface area contributed by atoms with Gasteiger partial charge in [0.15, 0.2) is 5.13 Å². The first-order chi connectivity index (χ1) is 20.8. The molecule has 0 radical (unpaired) electrons. The van der Waals surface area contributed by atoms with E-state index in [-0.39, 0.29) is 11.3 Å². The van der Waals surface area contributed by atoms with Crippen molar-refractivity contribution in [3.8, 4) is 11.5 Å². The normalized spacial score (nSPS) is 16.2. The van der Waals surface area contributed by atoms with Crippen LogP contribution in [0, 0.1) is 13.8 Å². The van der Waals surface area contributed by atoms with Gasteiger partial charge < -0.3 is 14.6 Å². The van der Waals surface area contributed by atoms with Crippen LogP contribution in [-0.2, 0) is 16.2 Å². The molecule has 1 aliphatic heterocycles. The largest absolute Gasteiger partial charge is 0.507 e. The number of carbonyl (C=O) groups excluding carboxylic acids is 2. The zero-order valence-electron chi connectivity index (χ0n) is 24.0. The van der Waals surface area contributed by atoms with Gasteiger partial charge in [-0.05, 0) is 73.9 Å². The fourth-order valence-electron chi connectivity index (χ4n) is 5.22. The molecule has 1 aromatic heterocycles. The summed E-state index contributed by atoms with van der Waals surface area (Å²) in [4.78, 5) is 33.5. The number of thiazole rings is 1. The number of amides is 1. The number of aromatic nitrogens is 1. The Balaban J connectivity index is 1.44. The van der Waals surface area contributed by atoms with Crippen molar-refractivity contribution in [1.29, 1.82) is 0 Å². The Morgan fingerprint density at radius 3 is 2.40 bits per heavy atom. The third kappa shape index (κ3) is 5.49. The Morgan fingerprint density at radius 1 is 0.907 bits per heavy atom. The van der Waals surface area contributed by atoms with E-state index in [2.05, 4.69) is 0 Å². The summed E-state index contributed by atoms with van der Waals surface area (Å²) in [6.07, 6.45) is 0. The Hall–Kier alpha value is -4.95. The summed E-state index contributed by atoms with van der Waals surface area (Å²) in [5, 5.41) is 12.0. The Morgan fingerprint density at radius 2 is 1.65 bits per heavy atom. The smallest absolute Gasteiger partial charge is 0.301 e. The Bertz CT molecular complexity index is 1860. The monoisotopic (exact) mass is 590 g/mol. The highest BCUT2D eigenvalue weighted by molar-refractivity contribution is 7.22. The molecule has 7 nitrogen and oxygen atoms in total. The van der Waals surface area contributed by atoms with Crippen LogP contribution >= 0.6 is 11.3 Å². The van der Waals surface area contributed by atoms with Crippen molar-refractivity contribution in [3.63, 3.8) is 0 Å². The van der Waals surface area contributed by atoms with Gasteiger partial charge in [0.1, 0.15) is 23.9 Å². The summed E-state index contributed by atoms with van der Waals surface area (Å²) in [5.41, 5.74) is 4.62. The molecule has 1 atom stereocenters. The zero-order chi connectivity index (χ0) is 30.1. The highest BCUT2D eigenvalue weighted by atomic mass is 32.1. The van der Waals surface area contributed by atoms with Crippen molar-refractivity contribution >= 4 is 44.1 Å². The fourth-order valence-corrected chi connectivity index (χ4v) is 6.24. The van der Waals surface area contributed by atoms with Crippen LogP contribution < -0.4 is 14.4 Å². The number of ether oxygens (including phenoxy) is 2. The first kappa shape index (κ1) is 28.2. The summed E-state index contributed by atoms with van der Waals surface area (Å²) in [6, 6.07) is 27.4. The molecular weight excluding hydrogens is 560 g/mol.